The zero-order valence-corrected chi connectivity index (χ0v) is 19.6. The van der Waals surface area contributed by atoms with Crippen LogP contribution in [-0.2, 0) is 37.4 Å². The number of nitrogens with zero attached hydrogens (tertiary/aromatic N) is 3. The molecular weight excluding hydrogens is 437 g/mol. The number of aromatic nitrogens is 2. The van der Waals surface area contributed by atoms with Gasteiger partial charge in [-0.3, -0.25) is 14.7 Å². The molecule has 178 valence electrons. The summed E-state index contributed by atoms with van der Waals surface area (Å²) < 4.78 is 25.6. The molecule has 0 radical (unpaired) electrons. The average Bonchev–Trinajstić information content (AvgIpc) is 3.21. The van der Waals surface area contributed by atoms with Crippen LogP contribution in [-0.4, -0.2) is 26.1 Å². The highest BCUT2D eigenvalue weighted by molar-refractivity contribution is 5.69. The van der Waals surface area contributed by atoms with Crippen molar-refractivity contribution in [2.24, 2.45) is 0 Å². The van der Waals surface area contributed by atoms with Gasteiger partial charge in [-0.1, -0.05) is 18.2 Å². The molecule has 2 aromatic heterocycles. The number of rotatable bonds is 6. The Balaban J connectivity index is 1.33. The fourth-order valence-electron chi connectivity index (χ4n) is 3.72. The summed E-state index contributed by atoms with van der Waals surface area (Å²) in [7, 11) is 0. The molecule has 0 fully saturated rings. The first-order chi connectivity index (χ1) is 16.2. The molecule has 0 saturated carbocycles. The molecule has 4 rings (SSSR count). The summed E-state index contributed by atoms with van der Waals surface area (Å²) in [5.41, 5.74) is 3.20. The summed E-state index contributed by atoms with van der Waals surface area (Å²) in [6.45, 7) is 7.30. The third-order valence-electron chi connectivity index (χ3n) is 5.43. The Bertz CT molecular complexity index is 1230. The first-order valence-electron chi connectivity index (χ1n) is 11.2. The largest absolute Gasteiger partial charge is 0.487 e. The Morgan fingerprint density at radius 3 is 2.59 bits per heavy atom. The minimum Gasteiger partial charge on any atom is -0.487 e. The number of pyridine rings is 2. The standard InChI is InChI=1S/C26H28FN3O4/c1-26(2,3)34-25(32)30-15-19-5-4-18(12-20(19)16-30)8-10-29-11-9-23(13-24(29)31)33-17-22-7-6-21(27)14-28-22/h4-7,9,11-14H,8,10,15-17H2,1-3H3. The number of ether oxygens (including phenoxy) is 2. The summed E-state index contributed by atoms with van der Waals surface area (Å²) >= 11 is 0. The van der Waals surface area contributed by atoms with Gasteiger partial charge in [0.15, 0.2) is 0 Å². The predicted octanol–water partition coefficient (Wildman–Crippen LogP) is 4.45. The Morgan fingerprint density at radius 2 is 1.88 bits per heavy atom. The van der Waals surface area contributed by atoms with E-state index >= 15 is 0 Å². The van der Waals surface area contributed by atoms with Gasteiger partial charge in [-0.15, -0.1) is 0 Å². The molecule has 1 aliphatic heterocycles. The second-order valence-electron chi connectivity index (χ2n) is 9.34. The Hall–Kier alpha value is -3.68. The van der Waals surface area contributed by atoms with Crippen molar-refractivity contribution in [1.82, 2.24) is 14.5 Å². The van der Waals surface area contributed by atoms with Gasteiger partial charge in [0, 0.05) is 31.9 Å². The normalized spacial score (nSPS) is 13.0. The van der Waals surface area contributed by atoms with E-state index in [1.54, 1.807) is 27.8 Å². The molecule has 0 N–H and O–H groups in total. The van der Waals surface area contributed by atoms with E-state index in [9.17, 15) is 14.0 Å². The topological polar surface area (TPSA) is 73.7 Å². The summed E-state index contributed by atoms with van der Waals surface area (Å²) in [5.74, 6) is 0.0298. The number of aryl methyl sites for hydroxylation is 2. The summed E-state index contributed by atoms with van der Waals surface area (Å²) in [5, 5.41) is 0. The first kappa shape index (κ1) is 23.5. The maximum atomic E-state index is 12.9. The molecule has 0 unspecified atom stereocenters. The van der Waals surface area contributed by atoms with Crippen LogP contribution in [0, 0.1) is 5.82 Å². The van der Waals surface area contributed by atoms with Gasteiger partial charge >= 0.3 is 6.09 Å². The number of halogens is 1. The van der Waals surface area contributed by atoms with Crippen molar-refractivity contribution in [1.29, 1.82) is 0 Å². The Labute approximate surface area is 197 Å². The molecule has 1 aromatic carbocycles. The van der Waals surface area contributed by atoms with Gasteiger partial charge in [0.1, 0.15) is 23.8 Å². The molecule has 0 spiro atoms. The zero-order chi connectivity index (χ0) is 24.3. The molecule has 3 aromatic rings. The molecule has 1 aliphatic rings. The van der Waals surface area contributed by atoms with E-state index in [1.165, 1.54) is 12.1 Å². The minimum atomic E-state index is -0.525. The van der Waals surface area contributed by atoms with Gasteiger partial charge in [0.25, 0.3) is 5.56 Å². The third-order valence-corrected chi connectivity index (χ3v) is 5.43. The van der Waals surface area contributed by atoms with Crippen LogP contribution in [0.2, 0.25) is 0 Å². The van der Waals surface area contributed by atoms with Crippen LogP contribution >= 0.6 is 0 Å². The fourth-order valence-corrected chi connectivity index (χ4v) is 3.72. The van der Waals surface area contributed by atoms with Gasteiger partial charge in [-0.05, 0) is 62.1 Å². The van der Waals surface area contributed by atoms with Crippen molar-refractivity contribution in [2.45, 2.75) is 59.0 Å². The number of carbonyl (C=O) groups is 1. The summed E-state index contributed by atoms with van der Waals surface area (Å²) in [6, 6.07) is 12.2. The van der Waals surface area contributed by atoms with E-state index in [1.807, 2.05) is 32.9 Å². The van der Waals surface area contributed by atoms with Crippen LogP contribution in [0.15, 0.2) is 59.7 Å². The number of amides is 1. The molecule has 3 heterocycles. The van der Waals surface area contributed by atoms with E-state index in [0.717, 1.165) is 22.9 Å². The highest BCUT2D eigenvalue weighted by atomic mass is 19.1. The second kappa shape index (κ2) is 9.67. The maximum Gasteiger partial charge on any atom is 0.410 e. The highest BCUT2D eigenvalue weighted by Crippen LogP contribution is 2.26. The van der Waals surface area contributed by atoms with Crippen molar-refractivity contribution in [2.75, 3.05) is 0 Å². The Morgan fingerprint density at radius 1 is 1.09 bits per heavy atom. The van der Waals surface area contributed by atoms with E-state index in [4.69, 9.17) is 9.47 Å². The average molecular weight is 466 g/mol. The summed E-state index contributed by atoms with van der Waals surface area (Å²) in [4.78, 5) is 30.5. The van der Waals surface area contributed by atoms with Crippen LogP contribution in [0.3, 0.4) is 0 Å². The van der Waals surface area contributed by atoms with E-state index < -0.39 is 11.4 Å². The van der Waals surface area contributed by atoms with Gasteiger partial charge in [-0.2, -0.15) is 0 Å². The molecule has 0 saturated heterocycles. The Kier molecular flexibility index (Phi) is 6.68. The minimum absolute atomic E-state index is 0.152. The molecule has 0 aliphatic carbocycles. The van der Waals surface area contributed by atoms with Crippen LogP contribution in [0.4, 0.5) is 9.18 Å². The van der Waals surface area contributed by atoms with Crippen molar-refractivity contribution in [3.8, 4) is 5.75 Å². The molecule has 7 nitrogen and oxygen atoms in total. The van der Waals surface area contributed by atoms with Gasteiger partial charge in [0.05, 0.1) is 11.9 Å². The van der Waals surface area contributed by atoms with Crippen molar-refractivity contribution < 1.29 is 18.7 Å². The third kappa shape index (κ3) is 6.01. The van der Waals surface area contributed by atoms with Crippen LogP contribution in [0.25, 0.3) is 0 Å². The SMILES string of the molecule is CC(C)(C)OC(=O)N1Cc2ccc(CCn3ccc(OCc4ccc(F)cn4)cc3=O)cc2C1. The second-order valence-corrected chi connectivity index (χ2v) is 9.34. The number of carbonyl (C=O) groups excluding carboxylic acids is 1. The fraction of sp³-hybridized carbons (Fsp3) is 0.346. The van der Waals surface area contributed by atoms with Crippen LogP contribution in [0.1, 0.15) is 43.2 Å². The lowest BCUT2D eigenvalue weighted by Crippen LogP contribution is -2.33. The highest BCUT2D eigenvalue weighted by Gasteiger charge is 2.27. The molecule has 0 atom stereocenters. The van der Waals surface area contributed by atoms with E-state index in [2.05, 4.69) is 11.1 Å². The maximum absolute atomic E-state index is 12.9. The predicted molar refractivity (Wildman–Crippen MR) is 125 cm³/mol. The van der Waals surface area contributed by atoms with Crippen LogP contribution in [0.5, 0.6) is 5.75 Å². The quantitative estimate of drug-likeness (QED) is 0.538. The van der Waals surface area contributed by atoms with E-state index in [-0.39, 0.29) is 18.3 Å². The van der Waals surface area contributed by atoms with E-state index in [0.29, 0.717) is 37.5 Å². The number of benzene rings is 1. The first-order valence-corrected chi connectivity index (χ1v) is 11.2. The van der Waals surface area contributed by atoms with Crippen molar-refractivity contribution in [3.63, 3.8) is 0 Å². The lowest BCUT2D eigenvalue weighted by Gasteiger charge is -2.24. The molecule has 0 bridgehead atoms. The molecule has 34 heavy (non-hydrogen) atoms. The summed E-state index contributed by atoms with van der Waals surface area (Å²) in [6.07, 6.45) is 3.20. The lowest BCUT2D eigenvalue weighted by atomic mass is 10.0. The number of fused-ring (bicyclic) bond motifs is 1. The van der Waals surface area contributed by atoms with Gasteiger partial charge in [0.2, 0.25) is 0 Å². The zero-order valence-electron chi connectivity index (χ0n) is 19.6. The molecule has 8 heteroatoms. The van der Waals surface area contributed by atoms with Crippen molar-refractivity contribution in [3.05, 3.63) is 93.4 Å². The van der Waals surface area contributed by atoms with Gasteiger partial charge in [-0.25, -0.2) is 9.18 Å². The van der Waals surface area contributed by atoms with Crippen LogP contribution < -0.4 is 10.3 Å². The smallest absolute Gasteiger partial charge is 0.410 e. The number of hydrogen-bond acceptors (Lipinski definition) is 5. The van der Waals surface area contributed by atoms with Crippen molar-refractivity contribution >= 4 is 6.09 Å². The van der Waals surface area contributed by atoms with Gasteiger partial charge < -0.3 is 14.0 Å². The lowest BCUT2D eigenvalue weighted by molar-refractivity contribution is 0.0242. The number of hydrogen-bond donors (Lipinski definition) is 0. The molecule has 1 amide bonds. The monoisotopic (exact) mass is 465 g/mol. The molecular formula is C26H28FN3O4.